The molecule has 7 heteroatoms. The van der Waals surface area contributed by atoms with Crippen molar-refractivity contribution in [2.24, 2.45) is 5.10 Å². The predicted octanol–water partition coefficient (Wildman–Crippen LogP) is 0.979. The first kappa shape index (κ1) is 9.78. The first-order valence-corrected chi connectivity index (χ1v) is 4.09. The van der Waals surface area contributed by atoms with Gasteiger partial charge in [-0.2, -0.15) is 13.2 Å². The summed E-state index contributed by atoms with van der Waals surface area (Å²) in [6.07, 6.45) is -4.39. The van der Waals surface area contributed by atoms with Crippen LogP contribution >= 0.6 is 0 Å². The summed E-state index contributed by atoms with van der Waals surface area (Å²) < 4.78 is 37.7. The van der Waals surface area contributed by atoms with Crippen molar-refractivity contribution >= 4 is 5.84 Å². The van der Waals surface area contributed by atoms with Crippen LogP contribution in [0.3, 0.4) is 0 Å². The maximum atomic E-state index is 12.6. The van der Waals surface area contributed by atoms with E-state index in [1.807, 2.05) is 0 Å². The van der Waals surface area contributed by atoms with Crippen LogP contribution in [0.4, 0.5) is 13.2 Å². The zero-order valence-corrected chi connectivity index (χ0v) is 7.39. The Kier molecular flexibility index (Phi) is 2.24. The molecule has 1 heterocycles. The second-order valence-corrected chi connectivity index (χ2v) is 2.87. The third-order valence-electron chi connectivity index (χ3n) is 1.89. The highest BCUT2D eigenvalue weighted by Crippen LogP contribution is 2.31. The van der Waals surface area contributed by atoms with E-state index in [2.05, 4.69) is 21.6 Å². The Morgan fingerprint density at radius 3 is 2.47 bits per heavy atom. The molecule has 1 aliphatic rings. The number of halogens is 3. The fraction of sp³-hybridized carbons (Fsp3) is 0.125. The summed E-state index contributed by atoms with van der Waals surface area (Å²) in [4.78, 5) is 0. The van der Waals surface area contributed by atoms with Crippen molar-refractivity contribution in [3.8, 4) is 0 Å². The standard InChI is InChI=1S/C8H7F3N4/c9-8(10,11)6-4-2-1-3-5(6)7-12-14-15-13-7/h1-4,14-15H,(H,12,13). The summed E-state index contributed by atoms with van der Waals surface area (Å²) in [6, 6.07) is 5.22. The average molecular weight is 216 g/mol. The number of nitrogens with zero attached hydrogens (tertiary/aromatic N) is 1. The molecular formula is C8H7F3N4. The molecule has 3 N–H and O–H groups in total. The number of benzene rings is 1. The topological polar surface area (TPSA) is 48.5 Å². The van der Waals surface area contributed by atoms with Crippen molar-refractivity contribution in [2.45, 2.75) is 6.18 Å². The van der Waals surface area contributed by atoms with E-state index >= 15 is 0 Å². The molecule has 0 saturated heterocycles. The Bertz CT molecular complexity index is 399. The van der Waals surface area contributed by atoms with Gasteiger partial charge in [0, 0.05) is 5.56 Å². The van der Waals surface area contributed by atoms with E-state index in [1.54, 1.807) is 0 Å². The number of hydrazine groups is 2. The largest absolute Gasteiger partial charge is 0.417 e. The van der Waals surface area contributed by atoms with E-state index < -0.39 is 11.7 Å². The molecule has 0 atom stereocenters. The molecule has 4 nitrogen and oxygen atoms in total. The molecule has 0 aromatic heterocycles. The van der Waals surface area contributed by atoms with Gasteiger partial charge in [0.1, 0.15) is 0 Å². The summed E-state index contributed by atoms with van der Waals surface area (Å²) in [7, 11) is 0. The lowest BCUT2D eigenvalue weighted by Gasteiger charge is -2.11. The Morgan fingerprint density at radius 1 is 1.13 bits per heavy atom. The highest BCUT2D eigenvalue weighted by molar-refractivity contribution is 6.00. The van der Waals surface area contributed by atoms with Gasteiger partial charge in [0.15, 0.2) is 5.84 Å². The average Bonchev–Trinajstić information content (AvgIpc) is 2.69. The van der Waals surface area contributed by atoms with Gasteiger partial charge in [-0.05, 0) is 6.07 Å². The Balaban J connectivity index is 2.47. The zero-order chi connectivity index (χ0) is 10.9. The van der Waals surface area contributed by atoms with Gasteiger partial charge in [-0.3, -0.25) is 5.43 Å². The van der Waals surface area contributed by atoms with Crippen molar-refractivity contribution in [1.29, 1.82) is 0 Å². The Hall–Kier alpha value is -1.76. The molecule has 0 bridgehead atoms. The van der Waals surface area contributed by atoms with Crippen LogP contribution in [0.2, 0.25) is 0 Å². The number of hydrogen-bond donors (Lipinski definition) is 3. The molecule has 1 aromatic carbocycles. The number of alkyl halides is 3. The maximum absolute atomic E-state index is 12.6. The van der Waals surface area contributed by atoms with Gasteiger partial charge < -0.3 is 0 Å². The number of nitrogens with one attached hydrogen (secondary N) is 3. The molecule has 15 heavy (non-hydrogen) atoms. The Morgan fingerprint density at radius 2 is 1.87 bits per heavy atom. The summed E-state index contributed by atoms with van der Waals surface area (Å²) >= 11 is 0. The summed E-state index contributed by atoms with van der Waals surface area (Å²) in [5, 5.41) is 3.62. The van der Waals surface area contributed by atoms with Crippen LogP contribution in [0.1, 0.15) is 11.1 Å². The SMILES string of the molecule is FC(F)(F)c1ccccc1C1=NNNN1. The van der Waals surface area contributed by atoms with Crippen LogP contribution in [0, 0.1) is 0 Å². The van der Waals surface area contributed by atoms with Crippen LogP contribution < -0.4 is 16.5 Å². The molecule has 0 radical (unpaired) electrons. The van der Waals surface area contributed by atoms with Gasteiger partial charge in [0.05, 0.1) is 5.56 Å². The van der Waals surface area contributed by atoms with Gasteiger partial charge >= 0.3 is 6.18 Å². The van der Waals surface area contributed by atoms with Crippen molar-refractivity contribution in [3.05, 3.63) is 35.4 Å². The van der Waals surface area contributed by atoms with Crippen molar-refractivity contribution in [3.63, 3.8) is 0 Å². The molecule has 2 rings (SSSR count). The number of hydrogen-bond acceptors (Lipinski definition) is 4. The lowest BCUT2D eigenvalue weighted by Crippen LogP contribution is -2.36. The second kappa shape index (κ2) is 3.43. The minimum Gasteiger partial charge on any atom is -0.285 e. The molecule has 0 fully saturated rings. The molecule has 0 saturated carbocycles. The van der Waals surface area contributed by atoms with Crippen LogP contribution in [-0.2, 0) is 6.18 Å². The molecule has 0 aliphatic carbocycles. The minimum atomic E-state index is -4.39. The van der Waals surface area contributed by atoms with Crippen molar-refractivity contribution in [1.82, 2.24) is 16.5 Å². The summed E-state index contributed by atoms with van der Waals surface area (Å²) in [5.74, 6) is 0.114. The second-order valence-electron chi connectivity index (χ2n) is 2.87. The lowest BCUT2D eigenvalue weighted by atomic mass is 10.1. The molecular weight excluding hydrogens is 209 g/mol. The highest BCUT2D eigenvalue weighted by Gasteiger charge is 2.34. The smallest absolute Gasteiger partial charge is 0.285 e. The van der Waals surface area contributed by atoms with E-state index in [-0.39, 0.29) is 11.4 Å². The number of hydrazone groups is 1. The van der Waals surface area contributed by atoms with Crippen molar-refractivity contribution < 1.29 is 13.2 Å². The lowest BCUT2D eigenvalue weighted by molar-refractivity contribution is -0.137. The highest BCUT2D eigenvalue weighted by atomic mass is 19.4. The van der Waals surface area contributed by atoms with Crippen LogP contribution in [0.25, 0.3) is 0 Å². The van der Waals surface area contributed by atoms with E-state index in [9.17, 15) is 13.2 Å². The summed E-state index contributed by atoms with van der Waals surface area (Å²) in [5.41, 5.74) is 6.44. The fourth-order valence-corrected chi connectivity index (χ4v) is 1.26. The van der Waals surface area contributed by atoms with Gasteiger partial charge in [-0.15, -0.1) is 10.6 Å². The molecule has 0 spiro atoms. The van der Waals surface area contributed by atoms with E-state index in [0.717, 1.165) is 6.07 Å². The zero-order valence-electron chi connectivity index (χ0n) is 7.39. The normalized spacial score (nSPS) is 15.5. The first-order valence-electron chi connectivity index (χ1n) is 4.09. The molecule has 0 amide bonds. The minimum absolute atomic E-state index is 0.00231. The van der Waals surface area contributed by atoms with Gasteiger partial charge in [-0.25, -0.2) is 5.53 Å². The van der Waals surface area contributed by atoms with Gasteiger partial charge in [-0.1, -0.05) is 18.2 Å². The van der Waals surface area contributed by atoms with Crippen LogP contribution in [-0.4, -0.2) is 5.84 Å². The van der Waals surface area contributed by atoms with Crippen molar-refractivity contribution in [2.75, 3.05) is 0 Å². The van der Waals surface area contributed by atoms with E-state index in [0.29, 0.717) is 0 Å². The van der Waals surface area contributed by atoms with Gasteiger partial charge in [0.2, 0.25) is 0 Å². The maximum Gasteiger partial charge on any atom is 0.417 e. The quantitative estimate of drug-likeness (QED) is 0.655. The third-order valence-corrected chi connectivity index (χ3v) is 1.89. The molecule has 1 aliphatic heterocycles. The van der Waals surface area contributed by atoms with E-state index in [1.165, 1.54) is 18.2 Å². The fourth-order valence-electron chi connectivity index (χ4n) is 1.26. The van der Waals surface area contributed by atoms with Gasteiger partial charge in [0.25, 0.3) is 0 Å². The first-order chi connectivity index (χ1) is 7.09. The summed E-state index contributed by atoms with van der Waals surface area (Å²) in [6.45, 7) is 0. The van der Waals surface area contributed by atoms with Crippen LogP contribution in [0.15, 0.2) is 29.4 Å². The molecule has 1 aromatic rings. The third kappa shape index (κ3) is 1.86. The van der Waals surface area contributed by atoms with Crippen LogP contribution in [0.5, 0.6) is 0 Å². The monoisotopic (exact) mass is 216 g/mol. The number of amidine groups is 1. The van der Waals surface area contributed by atoms with E-state index in [4.69, 9.17) is 0 Å². The predicted molar refractivity (Wildman–Crippen MR) is 47.4 cm³/mol. The Labute approximate surface area is 83.1 Å². The molecule has 80 valence electrons. The number of rotatable bonds is 1. The molecule has 0 unspecified atom stereocenters.